The molecule has 38 heavy (non-hydrogen) atoms. The van der Waals surface area contributed by atoms with E-state index in [2.05, 4.69) is 10.3 Å². The molecule has 0 spiro atoms. The lowest BCUT2D eigenvalue weighted by Crippen LogP contribution is -2.25. The van der Waals surface area contributed by atoms with Gasteiger partial charge in [0, 0.05) is 24.1 Å². The van der Waals surface area contributed by atoms with Gasteiger partial charge in [-0.2, -0.15) is 10.1 Å². The van der Waals surface area contributed by atoms with Crippen molar-refractivity contribution < 1.29 is 23.5 Å². The fourth-order valence-corrected chi connectivity index (χ4v) is 5.40. The molecule has 3 aromatic rings. The van der Waals surface area contributed by atoms with Crippen LogP contribution in [0.15, 0.2) is 82.9 Å². The lowest BCUT2D eigenvalue weighted by atomic mass is 9.98. The number of hydrogen-bond donors (Lipinski definition) is 1. The fraction of sp³-hybridized carbons (Fsp3) is 0.214. The number of hydrazone groups is 1. The number of amidine groups is 1. The average Bonchev–Trinajstić information content (AvgIpc) is 3.53. The summed E-state index contributed by atoms with van der Waals surface area (Å²) in [7, 11) is 3.16. The maximum absolute atomic E-state index is 13.7. The summed E-state index contributed by atoms with van der Waals surface area (Å²) in [6.45, 7) is 0. The molecule has 2 aliphatic rings. The average molecular weight is 533 g/mol. The van der Waals surface area contributed by atoms with E-state index < -0.39 is 11.2 Å². The lowest BCUT2D eigenvalue weighted by molar-refractivity contribution is -0.121. The van der Waals surface area contributed by atoms with Gasteiger partial charge >= 0.3 is 0 Å². The minimum atomic E-state index is -0.673. The van der Waals surface area contributed by atoms with Gasteiger partial charge in [-0.3, -0.25) is 9.59 Å². The number of nitrogens with zero attached hydrogens (tertiary/aromatic N) is 3. The van der Waals surface area contributed by atoms with Gasteiger partial charge in [-0.25, -0.2) is 9.40 Å². The van der Waals surface area contributed by atoms with E-state index in [-0.39, 0.29) is 24.2 Å². The first kappa shape index (κ1) is 25.5. The SMILES string of the molecule is COc1ccc(OC)c(C2=NN(C3=NC(=O)[C@@H](CC(=O)Nc4ccccc4)S3)[C@H](c3ccc(F)cc3)C2)c1. The topological polar surface area (TPSA) is 92.6 Å². The van der Waals surface area contributed by atoms with Crippen LogP contribution in [0.25, 0.3) is 0 Å². The molecule has 2 aliphatic heterocycles. The number of carbonyl (C=O) groups excluding carboxylic acids is 2. The van der Waals surface area contributed by atoms with Crippen molar-refractivity contribution >= 4 is 40.1 Å². The molecule has 2 heterocycles. The molecule has 0 saturated heterocycles. The van der Waals surface area contributed by atoms with Crippen LogP contribution in [0.2, 0.25) is 0 Å². The summed E-state index contributed by atoms with van der Waals surface area (Å²) >= 11 is 1.20. The lowest BCUT2D eigenvalue weighted by Gasteiger charge is -2.23. The number of ether oxygens (including phenoxy) is 2. The molecule has 194 valence electrons. The Bertz CT molecular complexity index is 1410. The molecule has 3 aromatic carbocycles. The Morgan fingerprint density at radius 1 is 1.08 bits per heavy atom. The van der Waals surface area contributed by atoms with Crippen LogP contribution in [0.3, 0.4) is 0 Å². The zero-order chi connectivity index (χ0) is 26.6. The summed E-state index contributed by atoms with van der Waals surface area (Å²) in [5, 5.41) is 9.04. The van der Waals surface area contributed by atoms with Gasteiger partial charge in [0.05, 0.1) is 26.0 Å². The molecule has 10 heteroatoms. The molecule has 0 bridgehead atoms. The highest BCUT2D eigenvalue weighted by atomic mass is 32.2. The molecule has 0 aliphatic carbocycles. The van der Waals surface area contributed by atoms with E-state index in [1.807, 2.05) is 24.3 Å². The maximum Gasteiger partial charge on any atom is 0.262 e. The summed E-state index contributed by atoms with van der Waals surface area (Å²) in [5.41, 5.74) is 2.92. The second kappa shape index (κ2) is 11.1. The van der Waals surface area contributed by atoms with Crippen LogP contribution in [-0.2, 0) is 9.59 Å². The van der Waals surface area contributed by atoms with Crippen molar-refractivity contribution in [3.05, 3.63) is 89.7 Å². The number of anilines is 1. The summed E-state index contributed by atoms with van der Waals surface area (Å²) in [6, 6.07) is 20.3. The monoisotopic (exact) mass is 532 g/mol. The number of hydrogen-bond acceptors (Lipinski definition) is 7. The smallest absolute Gasteiger partial charge is 0.262 e. The van der Waals surface area contributed by atoms with E-state index in [9.17, 15) is 14.0 Å². The standard InChI is InChI=1S/C28H25FN4O4S/c1-36-20-12-13-24(37-2)21(14-20)22-15-23(17-8-10-18(29)11-9-17)33(32-22)28-31-27(35)25(38-28)16-26(34)30-19-6-4-3-5-7-19/h3-14,23,25H,15-16H2,1-2H3,(H,30,34)/t23-,25+/m0/s1. The number of rotatable bonds is 7. The number of nitrogens with one attached hydrogen (secondary N) is 1. The molecule has 0 fully saturated rings. The normalized spacial score (nSPS) is 18.7. The number of carbonyl (C=O) groups is 2. The van der Waals surface area contributed by atoms with Crippen molar-refractivity contribution in [3.8, 4) is 11.5 Å². The predicted octanol–water partition coefficient (Wildman–Crippen LogP) is 5.02. The highest BCUT2D eigenvalue weighted by molar-refractivity contribution is 8.15. The first-order valence-corrected chi connectivity index (χ1v) is 12.8. The van der Waals surface area contributed by atoms with Crippen LogP contribution in [-0.4, -0.2) is 47.2 Å². The summed E-state index contributed by atoms with van der Waals surface area (Å²) in [4.78, 5) is 29.7. The Kier molecular flexibility index (Phi) is 7.41. The third-order valence-electron chi connectivity index (χ3n) is 6.24. The Labute approximate surface area is 223 Å². The first-order valence-electron chi connectivity index (χ1n) is 11.9. The van der Waals surface area contributed by atoms with E-state index in [0.717, 1.165) is 11.1 Å². The van der Waals surface area contributed by atoms with Gasteiger partial charge < -0.3 is 14.8 Å². The number of para-hydroxylation sites is 1. The molecular formula is C28H25FN4O4S. The number of benzene rings is 3. The molecular weight excluding hydrogens is 507 g/mol. The van der Waals surface area contributed by atoms with Gasteiger partial charge in [0.25, 0.3) is 5.91 Å². The number of amides is 2. The van der Waals surface area contributed by atoms with Gasteiger partial charge in [-0.1, -0.05) is 42.1 Å². The third-order valence-corrected chi connectivity index (χ3v) is 7.38. The van der Waals surface area contributed by atoms with Crippen molar-refractivity contribution in [1.82, 2.24) is 5.01 Å². The summed E-state index contributed by atoms with van der Waals surface area (Å²) in [6.07, 6.45) is 0.433. The highest BCUT2D eigenvalue weighted by Gasteiger charge is 2.39. The van der Waals surface area contributed by atoms with Gasteiger partial charge in [0.1, 0.15) is 22.6 Å². The van der Waals surface area contributed by atoms with Gasteiger partial charge in [0.2, 0.25) is 5.91 Å². The second-order valence-electron chi connectivity index (χ2n) is 8.69. The Balaban J connectivity index is 1.41. The quantitative estimate of drug-likeness (QED) is 0.459. The van der Waals surface area contributed by atoms with Crippen molar-refractivity contribution in [1.29, 1.82) is 0 Å². The van der Waals surface area contributed by atoms with Crippen molar-refractivity contribution in [2.45, 2.75) is 24.1 Å². The molecule has 5 rings (SSSR count). The van der Waals surface area contributed by atoms with E-state index in [4.69, 9.17) is 14.6 Å². The third kappa shape index (κ3) is 5.40. The molecule has 0 saturated carbocycles. The van der Waals surface area contributed by atoms with Crippen LogP contribution in [0, 0.1) is 5.82 Å². The van der Waals surface area contributed by atoms with Crippen LogP contribution < -0.4 is 14.8 Å². The Morgan fingerprint density at radius 3 is 2.55 bits per heavy atom. The highest BCUT2D eigenvalue weighted by Crippen LogP contribution is 2.40. The van der Waals surface area contributed by atoms with Crippen LogP contribution in [0.5, 0.6) is 11.5 Å². The molecule has 1 N–H and O–H groups in total. The molecule has 2 atom stereocenters. The Morgan fingerprint density at radius 2 is 1.84 bits per heavy atom. The van der Waals surface area contributed by atoms with Gasteiger partial charge in [0.15, 0.2) is 5.17 Å². The minimum absolute atomic E-state index is 0.0271. The number of aliphatic imine (C=N–C) groups is 1. The van der Waals surface area contributed by atoms with Crippen molar-refractivity contribution in [3.63, 3.8) is 0 Å². The zero-order valence-corrected chi connectivity index (χ0v) is 21.6. The van der Waals surface area contributed by atoms with Crippen molar-refractivity contribution in [2.75, 3.05) is 19.5 Å². The first-order chi connectivity index (χ1) is 18.4. The zero-order valence-electron chi connectivity index (χ0n) is 20.8. The minimum Gasteiger partial charge on any atom is -0.497 e. The maximum atomic E-state index is 13.7. The van der Waals surface area contributed by atoms with E-state index >= 15 is 0 Å². The summed E-state index contributed by atoms with van der Waals surface area (Å²) < 4.78 is 24.7. The second-order valence-corrected chi connectivity index (χ2v) is 9.86. The molecule has 0 unspecified atom stereocenters. The number of halogens is 1. The van der Waals surface area contributed by atoms with E-state index in [0.29, 0.717) is 34.5 Å². The van der Waals surface area contributed by atoms with Crippen LogP contribution in [0.1, 0.15) is 30.0 Å². The van der Waals surface area contributed by atoms with Crippen LogP contribution >= 0.6 is 11.8 Å². The van der Waals surface area contributed by atoms with Gasteiger partial charge in [-0.15, -0.1) is 0 Å². The number of methoxy groups -OCH3 is 2. The molecule has 0 aromatic heterocycles. The molecule has 2 amide bonds. The van der Waals surface area contributed by atoms with Crippen molar-refractivity contribution in [2.24, 2.45) is 10.1 Å². The van der Waals surface area contributed by atoms with E-state index in [1.54, 1.807) is 55.6 Å². The predicted molar refractivity (Wildman–Crippen MR) is 145 cm³/mol. The largest absolute Gasteiger partial charge is 0.497 e. The summed E-state index contributed by atoms with van der Waals surface area (Å²) in [5.74, 6) is 0.250. The van der Waals surface area contributed by atoms with Gasteiger partial charge in [-0.05, 0) is 48.0 Å². The number of thioether (sulfide) groups is 1. The Hall–Kier alpha value is -4.18. The van der Waals surface area contributed by atoms with Crippen LogP contribution in [0.4, 0.5) is 10.1 Å². The fourth-order valence-electron chi connectivity index (χ4n) is 4.34. The molecule has 8 nitrogen and oxygen atoms in total. The molecule has 0 radical (unpaired) electrons. The van der Waals surface area contributed by atoms with E-state index in [1.165, 1.54) is 23.9 Å².